The van der Waals surface area contributed by atoms with Crippen molar-refractivity contribution >= 4 is 19.2 Å². The number of hydrogen-bond acceptors (Lipinski definition) is 1. The molecule has 0 bridgehead atoms. The maximum atomic E-state index is 10.7. The molecule has 1 unspecified atom stereocenters. The molecule has 9 heavy (non-hydrogen) atoms. The second-order valence-corrected chi connectivity index (χ2v) is 4.47. The van der Waals surface area contributed by atoms with Crippen molar-refractivity contribution < 1.29 is 3.74 Å². The van der Waals surface area contributed by atoms with Crippen LogP contribution in [0.5, 0.6) is 0 Å². The molecule has 0 fully saturated rings. The summed E-state index contributed by atoms with van der Waals surface area (Å²) >= 11 is -2.52. The van der Waals surface area contributed by atoms with E-state index >= 15 is 0 Å². The molecule has 1 atom stereocenters. The Morgan fingerprint density at radius 1 is 1.22 bits per heavy atom. The van der Waals surface area contributed by atoms with Crippen LogP contribution in [0.1, 0.15) is 0 Å². The van der Waals surface area contributed by atoms with E-state index in [2.05, 4.69) is 0 Å². The summed E-state index contributed by atoms with van der Waals surface area (Å²) in [6, 6.07) is 9.15. The predicted molar refractivity (Wildman–Crippen MR) is 38.1 cm³/mol. The van der Waals surface area contributed by atoms with Crippen LogP contribution < -0.4 is 9.00 Å². The van der Waals surface area contributed by atoms with Gasteiger partial charge in [-0.05, 0) is 0 Å². The van der Waals surface area contributed by atoms with Gasteiger partial charge in [-0.1, -0.05) is 0 Å². The van der Waals surface area contributed by atoms with Crippen LogP contribution >= 0.6 is 0 Å². The molecule has 0 aliphatic heterocycles. The van der Waals surface area contributed by atoms with E-state index in [0.717, 1.165) is 4.35 Å². The quantitative estimate of drug-likeness (QED) is 0.599. The van der Waals surface area contributed by atoms with Crippen LogP contribution in [0, 0.1) is 0 Å². The fourth-order valence-electron chi connectivity index (χ4n) is 0.602. The molecule has 48 valence electrons. The van der Waals surface area contributed by atoms with Crippen molar-refractivity contribution in [3.8, 4) is 0 Å². The van der Waals surface area contributed by atoms with Gasteiger partial charge in [0, 0.05) is 0 Å². The molecule has 0 spiro atoms. The second-order valence-electron chi connectivity index (χ2n) is 1.73. The van der Waals surface area contributed by atoms with E-state index in [9.17, 15) is 3.74 Å². The minimum absolute atomic E-state index is 0.803. The Hall–Kier alpha value is -0.462. The molecule has 0 saturated heterocycles. The van der Waals surface area contributed by atoms with Crippen LogP contribution in [0.25, 0.3) is 0 Å². The Labute approximate surface area is 58.4 Å². The first-order chi connectivity index (χ1) is 4.30. The van der Waals surface area contributed by atoms with Crippen molar-refractivity contribution in [3.63, 3.8) is 0 Å². The first-order valence-corrected chi connectivity index (χ1v) is 5.77. The van der Waals surface area contributed by atoms with E-state index in [1.807, 2.05) is 18.2 Å². The Balaban J connectivity index is 2.98. The van der Waals surface area contributed by atoms with Gasteiger partial charge in [0.2, 0.25) is 0 Å². The van der Waals surface area contributed by atoms with Crippen molar-refractivity contribution in [2.24, 2.45) is 4.65 Å². The number of nitrogens with two attached hydrogens (primary N) is 1. The first kappa shape index (κ1) is 6.66. The first-order valence-electron chi connectivity index (χ1n) is 2.65. The van der Waals surface area contributed by atoms with Gasteiger partial charge in [-0.3, -0.25) is 0 Å². The zero-order valence-corrected chi connectivity index (χ0v) is 6.97. The zero-order valence-electron chi connectivity index (χ0n) is 4.87. The van der Waals surface area contributed by atoms with E-state index in [1.165, 1.54) is 0 Å². The zero-order chi connectivity index (χ0) is 6.69. The molecule has 1 rings (SSSR count). The van der Waals surface area contributed by atoms with Crippen LogP contribution in [0.3, 0.4) is 0 Å². The standard InChI is InChI=1S/C6H8AsNO/c8-7(9)6-4-2-1-3-5-6/h1-5,7H,(H2,8,9). The van der Waals surface area contributed by atoms with Crippen molar-refractivity contribution in [1.82, 2.24) is 0 Å². The summed E-state index contributed by atoms with van der Waals surface area (Å²) in [7, 11) is 0. The molecular weight excluding hydrogens is 177 g/mol. The third-order valence-corrected chi connectivity index (χ3v) is 2.95. The van der Waals surface area contributed by atoms with Gasteiger partial charge in [0.15, 0.2) is 0 Å². The molecule has 0 saturated carbocycles. The fraction of sp³-hybridized carbons (Fsp3) is 0. The summed E-state index contributed by atoms with van der Waals surface area (Å²) in [5.74, 6) is 0. The molecule has 0 heterocycles. The predicted octanol–water partition coefficient (Wildman–Crippen LogP) is -0.497. The topological polar surface area (TPSA) is 43.1 Å². The summed E-state index contributed by atoms with van der Waals surface area (Å²) in [6.07, 6.45) is 0. The van der Waals surface area contributed by atoms with Gasteiger partial charge >= 0.3 is 57.9 Å². The van der Waals surface area contributed by atoms with E-state index in [-0.39, 0.29) is 0 Å². The van der Waals surface area contributed by atoms with Crippen molar-refractivity contribution in [3.05, 3.63) is 30.3 Å². The van der Waals surface area contributed by atoms with Crippen LogP contribution in [-0.4, -0.2) is 14.8 Å². The van der Waals surface area contributed by atoms with Gasteiger partial charge in [0.25, 0.3) is 0 Å². The van der Waals surface area contributed by atoms with Crippen LogP contribution in [0.4, 0.5) is 0 Å². The van der Waals surface area contributed by atoms with Gasteiger partial charge < -0.3 is 0 Å². The van der Waals surface area contributed by atoms with Crippen molar-refractivity contribution in [1.29, 1.82) is 0 Å². The molecular formula is C6H8AsNO. The third-order valence-electron chi connectivity index (χ3n) is 1.06. The molecule has 1 aromatic rings. The summed E-state index contributed by atoms with van der Waals surface area (Å²) in [4.78, 5) is 0. The van der Waals surface area contributed by atoms with Gasteiger partial charge in [-0.2, -0.15) is 0 Å². The number of hydrogen-bond donors (Lipinski definition) is 1. The molecule has 0 radical (unpaired) electrons. The van der Waals surface area contributed by atoms with Gasteiger partial charge in [0.1, 0.15) is 0 Å². The van der Waals surface area contributed by atoms with Gasteiger partial charge in [0.05, 0.1) is 0 Å². The molecule has 3 heteroatoms. The average molecular weight is 185 g/mol. The van der Waals surface area contributed by atoms with Crippen molar-refractivity contribution in [2.45, 2.75) is 0 Å². The van der Waals surface area contributed by atoms with E-state index in [0.29, 0.717) is 0 Å². The van der Waals surface area contributed by atoms with E-state index < -0.39 is 14.8 Å². The third kappa shape index (κ3) is 1.74. The maximum absolute atomic E-state index is 10.7. The molecule has 1 aromatic carbocycles. The number of rotatable bonds is 1. The van der Waals surface area contributed by atoms with Crippen LogP contribution in [0.15, 0.2) is 30.3 Å². The Bertz CT molecular complexity index is 210. The van der Waals surface area contributed by atoms with E-state index in [4.69, 9.17) is 4.65 Å². The molecule has 0 aromatic heterocycles. The Morgan fingerprint density at radius 3 is 2.11 bits per heavy atom. The molecule has 0 aliphatic rings. The van der Waals surface area contributed by atoms with Crippen molar-refractivity contribution in [2.75, 3.05) is 0 Å². The fourth-order valence-corrected chi connectivity index (χ4v) is 1.70. The van der Waals surface area contributed by atoms with Crippen LogP contribution in [0.2, 0.25) is 0 Å². The summed E-state index contributed by atoms with van der Waals surface area (Å²) in [5, 5.41) is 0. The summed E-state index contributed by atoms with van der Waals surface area (Å²) < 4.78 is 16.7. The second kappa shape index (κ2) is 2.90. The SMILES string of the molecule is N[AsH](=O)c1ccccc1. The normalized spacial score (nSPS) is 13.0. The van der Waals surface area contributed by atoms with Gasteiger partial charge in [-0.15, -0.1) is 0 Å². The molecule has 2 N–H and O–H groups in total. The number of benzene rings is 1. The van der Waals surface area contributed by atoms with Gasteiger partial charge in [-0.25, -0.2) is 0 Å². The van der Waals surface area contributed by atoms with Crippen LogP contribution in [-0.2, 0) is 3.74 Å². The minimum atomic E-state index is -2.52. The average Bonchev–Trinajstić information content (AvgIpc) is 1.90. The van der Waals surface area contributed by atoms with E-state index in [1.54, 1.807) is 12.1 Å². The molecule has 0 aliphatic carbocycles. The molecule has 0 amide bonds. The summed E-state index contributed by atoms with van der Waals surface area (Å²) in [6.45, 7) is 0. The summed E-state index contributed by atoms with van der Waals surface area (Å²) in [5.41, 5.74) is 0. The Morgan fingerprint density at radius 2 is 1.78 bits per heavy atom. The monoisotopic (exact) mass is 185 g/mol. The Kier molecular flexibility index (Phi) is 2.15. The molecule has 2 nitrogen and oxygen atoms in total.